The zero-order valence-electron chi connectivity index (χ0n) is 16.8. The minimum Gasteiger partial charge on any atom is -0.369 e. The van der Waals surface area contributed by atoms with E-state index in [0.29, 0.717) is 13.0 Å². The van der Waals surface area contributed by atoms with E-state index in [2.05, 4.69) is 44.7 Å². The smallest absolute Gasteiger partial charge is 0.239 e. The summed E-state index contributed by atoms with van der Waals surface area (Å²) < 4.78 is 0. The van der Waals surface area contributed by atoms with Gasteiger partial charge in [0.25, 0.3) is 0 Å². The molecule has 0 aliphatic carbocycles. The highest BCUT2D eigenvalue weighted by molar-refractivity contribution is 5.85. The molecule has 154 valence electrons. The lowest BCUT2D eigenvalue weighted by Crippen LogP contribution is -2.47. The molecule has 0 bridgehead atoms. The van der Waals surface area contributed by atoms with Crippen LogP contribution in [0.15, 0.2) is 60.7 Å². The molecule has 1 saturated heterocycles. The van der Waals surface area contributed by atoms with Crippen molar-refractivity contribution in [2.45, 2.75) is 12.8 Å². The molecule has 6 nitrogen and oxygen atoms in total. The molecule has 0 radical (unpaired) electrons. The third kappa shape index (κ3) is 7.23. The number of anilines is 1. The monoisotopic (exact) mass is 394 g/mol. The highest BCUT2D eigenvalue weighted by Gasteiger charge is 2.16. The van der Waals surface area contributed by atoms with Gasteiger partial charge < -0.3 is 15.5 Å². The summed E-state index contributed by atoms with van der Waals surface area (Å²) in [5, 5.41) is 5.56. The van der Waals surface area contributed by atoms with Crippen LogP contribution in [0, 0.1) is 0 Å². The molecule has 0 spiro atoms. The first-order valence-electron chi connectivity index (χ1n) is 10.3. The largest absolute Gasteiger partial charge is 0.369 e. The van der Waals surface area contributed by atoms with E-state index in [9.17, 15) is 9.59 Å². The number of hydrogen-bond donors (Lipinski definition) is 2. The number of nitrogens with zero attached hydrogens (tertiary/aromatic N) is 2. The van der Waals surface area contributed by atoms with Crippen LogP contribution in [-0.2, 0) is 16.0 Å². The summed E-state index contributed by atoms with van der Waals surface area (Å²) in [6.45, 7) is 5.78. The van der Waals surface area contributed by atoms with Crippen LogP contribution in [0.4, 0.5) is 5.69 Å². The van der Waals surface area contributed by atoms with Gasteiger partial charge in [0, 0.05) is 38.4 Å². The number of carbonyl (C=O) groups excluding carboxylic acids is 2. The number of piperazine rings is 1. The summed E-state index contributed by atoms with van der Waals surface area (Å²) in [4.78, 5) is 28.6. The van der Waals surface area contributed by atoms with Crippen LogP contribution >= 0.6 is 0 Å². The molecule has 0 saturated carbocycles. The predicted molar refractivity (Wildman–Crippen MR) is 116 cm³/mol. The first-order valence-corrected chi connectivity index (χ1v) is 10.3. The lowest BCUT2D eigenvalue weighted by atomic mass is 10.1. The molecule has 3 rings (SSSR count). The van der Waals surface area contributed by atoms with Gasteiger partial charge in [-0.1, -0.05) is 48.5 Å². The molecule has 0 unspecified atom stereocenters. The van der Waals surface area contributed by atoms with Gasteiger partial charge in [-0.15, -0.1) is 0 Å². The fourth-order valence-corrected chi connectivity index (χ4v) is 3.48. The van der Waals surface area contributed by atoms with E-state index in [0.717, 1.165) is 44.7 Å². The van der Waals surface area contributed by atoms with Crippen LogP contribution in [0.2, 0.25) is 0 Å². The van der Waals surface area contributed by atoms with E-state index in [1.54, 1.807) is 0 Å². The fourth-order valence-electron chi connectivity index (χ4n) is 3.48. The van der Waals surface area contributed by atoms with Crippen LogP contribution in [0.5, 0.6) is 0 Å². The number of para-hydroxylation sites is 1. The second-order valence-electron chi connectivity index (χ2n) is 7.31. The van der Waals surface area contributed by atoms with Crippen molar-refractivity contribution in [1.29, 1.82) is 0 Å². The van der Waals surface area contributed by atoms with Gasteiger partial charge in [0.05, 0.1) is 13.0 Å². The lowest BCUT2D eigenvalue weighted by molar-refractivity contribution is -0.125. The molecule has 2 amide bonds. The molecule has 6 heteroatoms. The number of carbonyl (C=O) groups is 2. The Kier molecular flexibility index (Phi) is 8.07. The summed E-state index contributed by atoms with van der Waals surface area (Å²) in [5.74, 6) is -0.275. The van der Waals surface area contributed by atoms with Gasteiger partial charge in [-0.2, -0.15) is 0 Å². The number of rotatable bonds is 9. The number of hydrogen-bond acceptors (Lipinski definition) is 4. The second kappa shape index (κ2) is 11.2. The Labute approximate surface area is 172 Å². The topological polar surface area (TPSA) is 64.7 Å². The van der Waals surface area contributed by atoms with Crippen molar-refractivity contribution in [1.82, 2.24) is 15.5 Å². The van der Waals surface area contributed by atoms with Crippen LogP contribution < -0.4 is 15.5 Å². The maximum absolute atomic E-state index is 11.9. The minimum atomic E-state index is -0.139. The maximum Gasteiger partial charge on any atom is 0.239 e. The van der Waals surface area contributed by atoms with Gasteiger partial charge >= 0.3 is 0 Å². The van der Waals surface area contributed by atoms with Crippen molar-refractivity contribution in [3.8, 4) is 0 Å². The van der Waals surface area contributed by atoms with E-state index < -0.39 is 0 Å². The van der Waals surface area contributed by atoms with Gasteiger partial charge in [-0.25, -0.2) is 0 Å². The lowest BCUT2D eigenvalue weighted by Gasteiger charge is -2.36. The third-order valence-corrected chi connectivity index (χ3v) is 5.12. The molecule has 0 atom stereocenters. The van der Waals surface area contributed by atoms with Crippen LogP contribution in [-0.4, -0.2) is 62.5 Å². The molecule has 1 aliphatic heterocycles. The van der Waals surface area contributed by atoms with E-state index in [-0.39, 0.29) is 18.4 Å². The highest BCUT2D eigenvalue weighted by atomic mass is 16.2. The second-order valence-corrected chi connectivity index (χ2v) is 7.31. The normalized spacial score (nSPS) is 14.4. The average molecular weight is 395 g/mol. The molecular weight excluding hydrogens is 364 g/mol. The summed E-state index contributed by atoms with van der Waals surface area (Å²) in [6, 6.07) is 20.0. The quantitative estimate of drug-likeness (QED) is 0.635. The van der Waals surface area contributed by atoms with Crippen LogP contribution in [0.3, 0.4) is 0 Å². The van der Waals surface area contributed by atoms with Crippen LogP contribution in [0.25, 0.3) is 0 Å². The molecule has 2 aromatic carbocycles. The van der Waals surface area contributed by atoms with Crippen LogP contribution in [0.1, 0.15) is 12.0 Å². The number of amides is 2. The van der Waals surface area contributed by atoms with E-state index in [4.69, 9.17) is 0 Å². The Morgan fingerprint density at radius 2 is 1.45 bits per heavy atom. The van der Waals surface area contributed by atoms with Crippen molar-refractivity contribution in [2.75, 3.05) is 50.7 Å². The van der Waals surface area contributed by atoms with Crippen molar-refractivity contribution in [3.63, 3.8) is 0 Å². The van der Waals surface area contributed by atoms with E-state index >= 15 is 0 Å². The third-order valence-electron chi connectivity index (χ3n) is 5.12. The first-order chi connectivity index (χ1) is 14.2. The number of nitrogens with one attached hydrogen (secondary N) is 2. The van der Waals surface area contributed by atoms with Crippen molar-refractivity contribution in [3.05, 3.63) is 66.2 Å². The Morgan fingerprint density at radius 3 is 2.14 bits per heavy atom. The molecule has 2 N–H and O–H groups in total. The molecule has 1 heterocycles. The first kappa shape index (κ1) is 20.9. The van der Waals surface area contributed by atoms with E-state index in [1.807, 2.05) is 36.4 Å². The molecule has 29 heavy (non-hydrogen) atoms. The van der Waals surface area contributed by atoms with Gasteiger partial charge in [-0.3, -0.25) is 14.5 Å². The van der Waals surface area contributed by atoms with Crippen molar-refractivity contribution >= 4 is 17.5 Å². The van der Waals surface area contributed by atoms with Gasteiger partial charge in [-0.05, 0) is 30.7 Å². The minimum absolute atomic E-state index is 0.0292. The summed E-state index contributed by atoms with van der Waals surface area (Å²) in [7, 11) is 0. The zero-order valence-corrected chi connectivity index (χ0v) is 16.8. The predicted octanol–water partition coefficient (Wildman–Crippen LogP) is 1.67. The van der Waals surface area contributed by atoms with E-state index in [1.165, 1.54) is 5.69 Å². The van der Waals surface area contributed by atoms with Gasteiger partial charge in [0.1, 0.15) is 0 Å². The molecular formula is C23H30N4O2. The molecule has 2 aromatic rings. The average Bonchev–Trinajstić information content (AvgIpc) is 2.77. The Hall–Kier alpha value is -2.86. The summed E-state index contributed by atoms with van der Waals surface area (Å²) in [6.07, 6.45) is 1.21. The molecule has 1 aliphatic rings. The SMILES string of the molecule is O=C(CNC(=O)Cc1ccccc1)NCCCN1CCN(c2ccccc2)CC1. The molecule has 1 fully saturated rings. The summed E-state index contributed by atoms with van der Waals surface area (Å²) in [5.41, 5.74) is 2.23. The Morgan fingerprint density at radius 1 is 0.793 bits per heavy atom. The zero-order chi connectivity index (χ0) is 20.3. The fraction of sp³-hybridized carbons (Fsp3) is 0.391. The molecule has 0 aromatic heterocycles. The highest BCUT2D eigenvalue weighted by Crippen LogP contribution is 2.15. The maximum atomic E-state index is 11.9. The van der Waals surface area contributed by atoms with Gasteiger partial charge in [0.15, 0.2) is 0 Å². The summed E-state index contributed by atoms with van der Waals surface area (Å²) >= 11 is 0. The number of benzene rings is 2. The standard InChI is InChI=1S/C23H30N4O2/c28-22(18-20-8-3-1-4-9-20)25-19-23(29)24-12-7-13-26-14-16-27(17-15-26)21-10-5-2-6-11-21/h1-6,8-11H,7,12-19H2,(H,24,29)(H,25,28). The Bertz CT molecular complexity index is 759. The van der Waals surface area contributed by atoms with Gasteiger partial charge in [0.2, 0.25) is 11.8 Å². The Balaban J connectivity index is 1.23. The van der Waals surface area contributed by atoms with Crippen molar-refractivity contribution in [2.24, 2.45) is 0 Å². The van der Waals surface area contributed by atoms with Crippen molar-refractivity contribution < 1.29 is 9.59 Å².